The van der Waals surface area contributed by atoms with Crippen LogP contribution < -0.4 is 37.5 Å². The van der Waals surface area contributed by atoms with Gasteiger partial charge in [0.05, 0.1) is 11.4 Å². The van der Waals surface area contributed by atoms with Gasteiger partial charge in [-0.3, -0.25) is 9.97 Å². The molecule has 6 heteroatoms. The molecule has 6 aromatic carbocycles. The van der Waals surface area contributed by atoms with Crippen LogP contribution in [-0.4, -0.2) is 23.4 Å². The number of rotatable bonds is 6. The zero-order valence-corrected chi connectivity index (χ0v) is 32.8. The maximum Gasteiger partial charge on any atom is 0.241 e. The number of para-hydroxylation sites is 1. The van der Waals surface area contributed by atoms with Crippen LogP contribution in [0, 0.1) is 34.6 Å². The van der Waals surface area contributed by atoms with E-state index in [1.54, 1.807) is 0 Å². The van der Waals surface area contributed by atoms with Crippen molar-refractivity contribution in [3.8, 4) is 34.0 Å². The average Bonchev–Trinajstić information content (AvgIpc) is 3.59. The summed E-state index contributed by atoms with van der Waals surface area (Å²) in [5.41, 5.74) is 19.2. The monoisotopic (exact) mass is 734 g/mol. The van der Waals surface area contributed by atoms with Gasteiger partial charge in [-0.1, -0.05) is 146 Å². The minimum Gasteiger partial charge on any atom is -0.457 e. The maximum absolute atomic E-state index is 7.15. The van der Waals surface area contributed by atoms with Gasteiger partial charge in [-0.05, 0) is 94.8 Å². The number of nitrogens with zero attached hydrogens (tertiary/aromatic N) is 2. The lowest BCUT2D eigenvalue weighted by atomic mass is 9.20. The third kappa shape index (κ3) is 5.86. The first-order valence-corrected chi connectivity index (χ1v) is 19.7. The Morgan fingerprint density at radius 2 is 1.07 bits per heavy atom. The van der Waals surface area contributed by atoms with Gasteiger partial charge in [0.2, 0.25) is 13.4 Å². The molecule has 1 aliphatic heterocycles. The van der Waals surface area contributed by atoms with Crippen molar-refractivity contribution in [2.75, 3.05) is 0 Å². The van der Waals surface area contributed by atoms with Crippen LogP contribution in [0.5, 0.6) is 11.5 Å². The molecule has 0 radical (unpaired) electrons. The number of benzene rings is 6. The first kappa shape index (κ1) is 34.8. The molecule has 0 spiro atoms. The lowest BCUT2D eigenvalue weighted by Gasteiger charge is -2.36. The second-order valence-electron chi connectivity index (χ2n) is 15.5. The Morgan fingerprint density at radius 1 is 0.474 bits per heavy atom. The van der Waals surface area contributed by atoms with Crippen LogP contribution in [0.15, 0.2) is 156 Å². The van der Waals surface area contributed by atoms with E-state index in [1.807, 2.05) is 42.6 Å². The molecule has 0 unspecified atom stereocenters. The van der Waals surface area contributed by atoms with E-state index in [9.17, 15) is 0 Å². The Hall–Kier alpha value is -6.65. The second kappa shape index (κ2) is 13.8. The van der Waals surface area contributed by atoms with Crippen molar-refractivity contribution in [2.45, 2.75) is 34.6 Å². The lowest BCUT2D eigenvalue weighted by molar-refractivity contribution is 0.484. The SMILES string of the molecule is Cc1cccc(-c2cc(Oc3cc(-c4ccccn4)c4oc5ccccc5c4c3)cc3c2B(c2c(C)cccc2C)c2ccccc2B3c2c(C)cccc2C)n1. The molecule has 0 atom stereocenters. The summed E-state index contributed by atoms with van der Waals surface area (Å²) in [5.74, 6) is 1.46. The van der Waals surface area contributed by atoms with E-state index >= 15 is 0 Å². The zero-order valence-electron chi connectivity index (χ0n) is 32.8. The molecule has 3 aromatic heterocycles. The topological polar surface area (TPSA) is 48.2 Å². The van der Waals surface area contributed by atoms with Gasteiger partial charge in [-0.15, -0.1) is 0 Å². The molecule has 272 valence electrons. The van der Waals surface area contributed by atoms with Crippen molar-refractivity contribution in [3.63, 3.8) is 0 Å². The molecule has 0 amide bonds. The van der Waals surface area contributed by atoms with Crippen LogP contribution in [0.1, 0.15) is 27.9 Å². The molecule has 0 fully saturated rings. The number of hydrogen-bond acceptors (Lipinski definition) is 4. The summed E-state index contributed by atoms with van der Waals surface area (Å²) in [5, 5.41) is 2.02. The highest BCUT2D eigenvalue weighted by Crippen LogP contribution is 2.40. The molecule has 57 heavy (non-hydrogen) atoms. The van der Waals surface area contributed by atoms with Crippen LogP contribution in [-0.2, 0) is 0 Å². The molecule has 1 aliphatic rings. The van der Waals surface area contributed by atoms with Crippen molar-refractivity contribution < 1.29 is 9.15 Å². The zero-order chi connectivity index (χ0) is 38.8. The normalized spacial score (nSPS) is 12.2. The van der Waals surface area contributed by atoms with E-state index in [4.69, 9.17) is 19.1 Å². The van der Waals surface area contributed by atoms with Crippen molar-refractivity contribution in [2.24, 2.45) is 0 Å². The number of furan rings is 1. The van der Waals surface area contributed by atoms with E-state index in [-0.39, 0.29) is 13.4 Å². The fourth-order valence-electron chi connectivity index (χ4n) is 9.42. The Bertz CT molecular complexity index is 2990. The van der Waals surface area contributed by atoms with Gasteiger partial charge in [-0.2, -0.15) is 0 Å². The molecule has 4 heterocycles. The second-order valence-corrected chi connectivity index (χ2v) is 15.5. The maximum atomic E-state index is 7.15. The van der Waals surface area contributed by atoms with Crippen molar-refractivity contribution in [1.82, 2.24) is 9.97 Å². The first-order chi connectivity index (χ1) is 27.8. The average molecular weight is 735 g/mol. The van der Waals surface area contributed by atoms with Gasteiger partial charge >= 0.3 is 0 Å². The van der Waals surface area contributed by atoms with Crippen LogP contribution in [0.3, 0.4) is 0 Å². The molecule has 9 aromatic rings. The van der Waals surface area contributed by atoms with Gasteiger partial charge in [0.1, 0.15) is 22.7 Å². The molecule has 0 saturated carbocycles. The number of hydrogen-bond donors (Lipinski definition) is 0. The quantitative estimate of drug-likeness (QED) is 0.161. The van der Waals surface area contributed by atoms with Crippen molar-refractivity contribution in [3.05, 3.63) is 180 Å². The molecule has 0 aliphatic carbocycles. The van der Waals surface area contributed by atoms with Crippen LogP contribution in [0.2, 0.25) is 0 Å². The van der Waals surface area contributed by atoms with Crippen LogP contribution in [0.4, 0.5) is 0 Å². The number of aryl methyl sites for hydroxylation is 5. The molecule has 0 bridgehead atoms. The standard InChI is InChI=1S/C51H40B2N2O2/c1-31-15-12-16-32(2)48(31)52-42-21-7-8-22-43(42)53(49-33(3)17-13-18-34(49)4)50-40(46-24-14-19-35(5)55-46)28-37(30-44(50)52)56-36-27-39-38-20-6-9-25-47(38)57-51(39)41(29-36)45-23-10-11-26-54-45/h6-30H,1-5H3. The first-order valence-electron chi connectivity index (χ1n) is 19.7. The molecule has 4 nitrogen and oxygen atoms in total. The van der Waals surface area contributed by atoms with Gasteiger partial charge in [0.15, 0.2) is 0 Å². The number of fused-ring (bicyclic) bond motifs is 5. The predicted molar refractivity (Wildman–Crippen MR) is 239 cm³/mol. The highest BCUT2D eigenvalue weighted by molar-refractivity contribution is 7.12. The molecule has 10 rings (SSSR count). The van der Waals surface area contributed by atoms with E-state index < -0.39 is 0 Å². The summed E-state index contributed by atoms with van der Waals surface area (Å²) in [6.45, 7) is 11.0. The largest absolute Gasteiger partial charge is 0.457 e. The fraction of sp³-hybridized carbons (Fsp3) is 0.0980. The Morgan fingerprint density at radius 3 is 1.77 bits per heavy atom. The summed E-state index contributed by atoms with van der Waals surface area (Å²) in [6.07, 6.45) is 1.82. The van der Waals surface area contributed by atoms with Crippen LogP contribution in [0.25, 0.3) is 44.5 Å². The van der Waals surface area contributed by atoms with Crippen molar-refractivity contribution >= 4 is 68.1 Å². The van der Waals surface area contributed by atoms with Gasteiger partial charge in [0.25, 0.3) is 0 Å². The highest BCUT2D eigenvalue weighted by atomic mass is 16.5. The smallest absolute Gasteiger partial charge is 0.241 e. The Kier molecular flexibility index (Phi) is 8.44. The Balaban J connectivity index is 1.28. The third-order valence-corrected chi connectivity index (χ3v) is 11.9. The lowest BCUT2D eigenvalue weighted by Crippen LogP contribution is -2.76. The summed E-state index contributed by atoms with van der Waals surface area (Å²) in [4.78, 5) is 9.95. The van der Waals surface area contributed by atoms with E-state index in [0.29, 0.717) is 5.75 Å². The summed E-state index contributed by atoms with van der Waals surface area (Å²) < 4.78 is 13.6. The number of aromatic nitrogens is 2. The third-order valence-electron chi connectivity index (χ3n) is 11.9. The van der Waals surface area contributed by atoms with Gasteiger partial charge in [-0.25, -0.2) is 0 Å². The predicted octanol–water partition coefficient (Wildman–Crippen LogP) is 8.39. The summed E-state index contributed by atoms with van der Waals surface area (Å²) >= 11 is 0. The highest BCUT2D eigenvalue weighted by Gasteiger charge is 2.42. The van der Waals surface area contributed by atoms with E-state index in [1.165, 1.54) is 55.0 Å². The minimum atomic E-state index is -0.0329. The van der Waals surface area contributed by atoms with E-state index in [2.05, 4.69) is 144 Å². The summed E-state index contributed by atoms with van der Waals surface area (Å²) in [7, 11) is 0. The molecular weight excluding hydrogens is 694 g/mol. The Labute approximate surface area is 334 Å². The number of pyridine rings is 2. The summed E-state index contributed by atoms with van der Waals surface area (Å²) in [6, 6.07) is 51.6. The molecule has 0 N–H and O–H groups in total. The van der Waals surface area contributed by atoms with Gasteiger partial charge < -0.3 is 9.15 Å². The van der Waals surface area contributed by atoms with E-state index in [0.717, 1.165) is 55.9 Å². The molecule has 0 saturated heterocycles. The minimum absolute atomic E-state index is 0.0197. The fourth-order valence-corrected chi connectivity index (χ4v) is 9.42. The number of ether oxygens (including phenoxy) is 1. The van der Waals surface area contributed by atoms with Gasteiger partial charge in [0, 0.05) is 28.2 Å². The molecular formula is C51H40B2N2O2. The van der Waals surface area contributed by atoms with Crippen molar-refractivity contribution in [1.29, 1.82) is 0 Å². The van der Waals surface area contributed by atoms with Crippen LogP contribution >= 0.6 is 0 Å².